The van der Waals surface area contributed by atoms with Crippen molar-refractivity contribution in [2.24, 2.45) is 0 Å². The molecule has 0 aliphatic heterocycles. The number of aromatic nitrogens is 2. The highest BCUT2D eigenvalue weighted by atomic mass is 35.5. The van der Waals surface area contributed by atoms with Gasteiger partial charge in [0.15, 0.2) is 0 Å². The van der Waals surface area contributed by atoms with Crippen LogP contribution in [0, 0.1) is 10.1 Å². The maximum absolute atomic E-state index is 11.9. The second kappa shape index (κ2) is 4.34. The Morgan fingerprint density at radius 3 is 2.71 bits per heavy atom. The topological polar surface area (TPSA) is 78.0 Å². The summed E-state index contributed by atoms with van der Waals surface area (Å²) in [4.78, 5) is 21.7. The van der Waals surface area contributed by atoms with Gasteiger partial charge in [-0.1, -0.05) is 23.7 Å². The molecule has 1 heterocycles. The zero-order chi connectivity index (χ0) is 12.4. The summed E-state index contributed by atoms with van der Waals surface area (Å²) in [7, 11) is 0. The second-order valence-electron chi connectivity index (χ2n) is 3.19. The number of carbonyl (C=O) groups is 1. The third kappa shape index (κ3) is 2.16. The molecule has 0 spiro atoms. The molecule has 0 saturated carbocycles. The van der Waals surface area contributed by atoms with Crippen molar-refractivity contribution >= 4 is 23.2 Å². The lowest BCUT2D eigenvalue weighted by molar-refractivity contribution is -0.384. The van der Waals surface area contributed by atoms with Gasteiger partial charge in [-0.2, -0.15) is 9.78 Å². The van der Waals surface area contributed by atoms with Crippen molar-refractivity contribution in [3.05, 3.63) is 57.4 Å². The predicted molar refractivity (Wildman–Crippen MR) is 60.1 cm³/mol. The molecule has 0 unspecified atom stereocenters. The Bertz CT molecular complexity index is 594. The largest absolute Gasteiger partial charge is 0.307 e. The summed E-state index contributed by atoms with van der Waals surface area (Å²) in [5, 5.41) is 14.4. The molecule has 0 aliphatic carbocycles. The fraction of sp³-hybridized carbons (Fsp3) is 0. The molecule has 0 N–H and O–H groups in total. The lowest BCUT2D eigenvalue weighted by Crippen LogP contribution is -2.12. The normalized spacial score (nSPS) is 10.2. The highest BCUT2D eigenvalue weighted by Gasteiger charge is 2.16. The average molecular weight is 252 g/mol. The molecule has 0 aliphatic rings. The molecular weight excluding hydrogens is 246 g/mol. The van der Waals surface area contributed by atoms with Crippen molar-refractivity contribution in [1.29, 1.82) is 0 Å². The monoisotopic (exact) mass is 251 g/mol. The lowest BCUT2D eigenvalue weighted by Gasteiger charge is -2.01. The molecule has 0 fully saturated rings. The Kier molecular flexibility index (Phi) is 2.88. The van der Waals surface area contributed by atoms with Crippen molar-refractivity contribution in [2.75, 3.05) is 0 Å². The number of rotatable bonds is 2. The van der Waals surface area contributed by atoms with Gasteiger partial charge in [0, 0.05) is 0 Å². The third-order valence-electron chi connectivity index (χ3n) is 2.09. The van der Waals surface area contributed by atoms with Crippen LogP contribution in [0.2, 0.25) is 5.02 Å². The summed E-state index contributed by atoms with van der Waals surface area (Å²) in [5.41, 5.74) is -0.00225. The molecule has 86 valence electrons. The van der Waals surface area contributed by atoms with E-state index in [1.165, 1.54) is 6.07 Å². The Hall–Kier alpha value is -2.21. The summed E-state index contributed by atoms with van der Waals surface area (Å²) < 4.78 is 0.888. The van der Waals surface area contributed by atoms with Crippen LogP contribution in [0.15, 0.2) is 36.7 Å². The lowest BCUT2D eigenvalue weighted by atomic mass is 10.2. The summed E-state index contributed by atoms with van der Waals surface area (Å²) in [5.74, 6) is -0.510. The van der Waals surface area contributed by atoms with E-state index in [9.17, 15) is 14.9 Å². The van der Waals surface area contributed by atoms with Crippen molar-refractivity contribution in [1.82, 2.24) is 9.78 Å². The van der Waals surface area contributed by atoms with Gasteiger partial charge in [0.05, 0.1) is 15.5 Å². The predicted octanol–water partition coefficient (Wildman–Crippen LogP) is 2.13. The van der Waals surface area contributed by atoms with Crippen LogP contribution in [-0.4, -0.2) is 20.6 Å². The van der Waals surface area contributed by atoms with Crippen LogP contribution in [0.1, 0.15) is 10.4 Å². The van der Waals surface area contributed by atoms with Gasteiger partial charge in [-0.05, 0) is 12.1 Å². The summed E-state index contributed by atoms with van der Waals surface area (Å²) >= 11 is 5.84. The minimum atomic E-state index is -0.622. The highest BCUT2D eigenvalue weighted by Crippen LogP contribution is 2.17. The van der Waals surface area contributed by atoms with Gasteiger partial charge in [-0.3, -0.25) is 14.9 Å². The number of carbonyl (C=O) groups excluding carboxylic acids is 1. The van der Waals surface area contributed by atoms with Crippen molar-refractivity contribution in [2.45, 2.75) is 0 Å². The third-order valence-corrected chi connectivity index (χ3v) is 2.42. The van der Waals surface area contributed by atoms with Gasteiger partial charge >= 0.3 is 5.69 Å². The van der Waals surface area contributed by atoms with Gasteiger partial charge in [0.25, 0.3) is 5.91 Å². The molecule has 17 heavy (non-hydrogen) atoms. The summed E-state index contributed by atoms with van der Waals surface area (Å²) in [6, 6.07) is 6.42. The van der Waals surface area contributed by atoms with E-state index in [1.54, 1.807) is 18.2 Å². The smallest absolute Gasteiger partial charge is 0.267 e. The molecule has 7 heteroatoms. The van der Waals surface area contributed by atoms with Crippen molar-refractivity contribution in [3.8, 4) is 0 Å². The first kappa shape index (κ1) is 11.3. The fourth-order valence-corrected chi connectivity index (χ4v) is 1.49. The standard InChI is InChI=1S/C10H6ClN3O3/c11-9-4-2-1-3-8(9)10(15)13-6-7(5-12-13)14(16)17/h1-6H. The fourth-order valence-electron chi connectivity index (χ4n) is 1.28. The van der Waals surface area contributed by atoms with E-state index in [2.05, 4.69) is 5.10 Å². The van der Waals surface area contributed by atoms with E-state index >= 15 is 0 Å². The Morgan fingerprint density at radius 1 is 1.41 bits per heavy atom. The Morgan fingerprint density at radius 2 is 2.12 bits per heavy atom. The molecule has 0 atom stereocenters. The number of hydrogen-bond donors (Lipinski definition) is 0. The number of hydrogen-bond acceptors (Lipinski definition) is 4. The average Bonchev–Trinajstić information content (AvgIpc) is 2.78. The molecule has 1 aromatic heterocycles. The zero-order valence-electron chi connectivity index (χ0n) is 8.41. The van der Waals surface area contributed by atoms with E-state index in [0.717, 1.165) is 17.1 Å². The molecular formula is C10H6ClN3O3. The van der Waals surface area contributed by atoms with E-state index in [1.807, 2.05) is 0 Å². The number of nitro groups is 1. The Balaban J connectivity index is 2.37. The maximum Gasteiger partial charge on any atom is 0.307 e. The van der Waals surface area contributed by atoms with E-state index in [0.29, 0.717) is 0 Å². The van der Waals surface area contributed by atoms with Gasteiger partial charge in [-0.25, -0.2) is 0 Å². The van der Waals surface area contributed by atoms with Crippen LogP contribution in [0.3, 0.4) is 0 Å². The van der Waals surface area contributed by atoms with Crippen LogP contribution in [0.25, 0.3) is 0 Å². The minimum Gasteiger partial charge on any atom is -0.267 e. The van der Waals surface area contributed by atoms with Crippen molar-refractivity contribution in [3.63, 3.8) is 0 Å². The minimum absolute atomic E-state index is 0.243. The maximum atomic E-state index is 11.9. The van der Waals surface area contributed by atoms with Crippen LogP contribution in [0.4, 0.5) is 5.69 Å². The molecule has 2 rings (SSSR count). The van der Waals surface area contributed by atoms with E-state index in [4.69, 9.17) is 11.6 Å². The van der Waals surface area contributed by atoms with Crippen molar-refractivity contribution < 1.29 is 9.72 Å². The molecule has 6 nitrogen and oxygen atoms in total. The summed E-state index contributed by atoms with van der Waals surface area (Å²) in [6.07, 6.45) is 2.06. The van der Waals surface area contributed by atoms with E-state index in [-0.39, 0.29) is 16.3 Å². The summed E-state index contributed by atoms with van der Waals surface area (Å²) in [6.45, 7) is 0. The van der Waals surface area contributed by atoms with Gasteiger partial charge < -0.3 is 0 Å². The van der Waals surface area contributed by atoms with Crippen LogP contribution in [0.5, 0.6) is 0 Å². The molecule has 0 bridgehead atoms. The number of benzene rings is 1. The van der Waals surface area contributed by atoms with Crippen LogP contribution in [-0.2, 0) is 0 Å². The van der Waals surface area contributed by atoms with Crippen LogP contribution >= 0.6 is 11.6 Å². The molecule has 0 radical (unpaired) electrons. The van der Waals surface area contributed by atoms with E-state index < -0.39 is 10.8 Å². The molecule has 2 aromatic rings. The second-order valence-corrected chi connectivity index (χ2v) is 3.59. The van der Waals surface area contributed by atoms with Gasteiger partial charge in [-0.15, -0.1) is 0 Å². The molecule has 0 saturated heterocycles. The van der Waals surface area contributed by atoms with Crippen LogP contribution < -0.4 is 0 Å². The zero-order valence-corrected chi connectivity index (χ0v) is 9.16. The Labute approximate surface area is 101 Å². The first-order valence-corrected chi connectivity index (χ1v) is 4.95. The first-order chi connectivity index (χ1) is 8.09. The number of halogens is 1. The molecule has 1 aromatic carbocycles. The van der Waals surface area contributed by atoms with Gasteiger partial charge in [0.2, 0.25) is 0 Å². The first-order valence-electron chi connectivity index (χ1n) is 4.58. The van der Waals surface area contributed by atoms with Gasteiger partial charge in [0.1, 0.15) is 12.4 Å². The highest BCUT2D eigenvalue weighted by molar-refractivity contribution is 6.33. The molecule has 0 amide bonds. The number of nitrogens with zero attached hydrogens (tertiary/aromatic N) is 3. The SMILES string of the molecule is O=C(c1ccccc1Cl)n1cc([N+](=O)[O-])cn1. The quantitative estimate of drug-likeness (QED) is 0.605.